The van der Waals surface area contributed by atoms with Crippen molar-refractivity contribution in [2.75, 3.05) is 51.2 Å². The topological polar surface area (TPSA) is 256 Å². The Labute approximate surface area is 394 Å². The molecule has 0 spiro atoms. The molecule has 0 aliphatic carbocycles. The van der Waals surface area contributed by atoms with Gasteiger partial charge in [0.25, 0.3) is 0 Å². The van der Waals surface area contributed by atoms with Gasteiger partial charge in [-0.15, -0.1) is 23.0 Å². The van der Waals surface area contributed by atoms with Gasteiger partial charge in [-0.3, -0.25) is 28.4 Å². The van der Waals surface area contributed by atoms with Gasteiger partial charge in [-0.2, -0.15) is 0 Å². The van der Waals surface area contributed by atoms with E-state index in [0.29, 0.717) is 48.4 Å². The minimum absolute atomic E-state index is 0. The van der Waals surface area contributed by atoms with Crippen molar-refractivity contribution >= 4 is 58.4 Å². The van der Waals surface area contributed by atoms with Crippen LogP contribution in [0.15, 0.2) is 117 Å². The summed E-state index contributed by atoms with van der Waals surface area (Å²) >= 11 is 0. The van der Waals surface area contributed by atoms with Crippen LogP contribution < -0.4 is 30.6 Å². The first-order valence-corrected chi connectivity index (χ1v) is 21.3. The molecule has 0 aliphatic rings. The second-order valence-corrected chi connectivity index (χ2v) is 14.4. The summed E-state index contributed by atoms with van der Waals surface area (Å²) in [5.41, 5.74) is 2.39. The zero-order valence-electron chi connectivity index (χ0n) is 34.4. The number of para-hydroxylation sites is 4. The van der Waals surface area contributed by atoms with E-state index in [1.165, 1.54) is 24.3 Å². The van der Waals surface area contributed by atoms with Crippen LogP contribution in [-0.4, -0.2) is 96.4 Å². The molecule has 0 radical (unpaired) electrons. The molecule has 0 saturated carbocycles. The molecular weight excluding hydrogens is 961 g/mol. The second kappa shape index (κ2) is 43.6. The average molecular weight is 1010 g/mol. The average Bonchev–Trinajstić information content (AvgIpc) is 3.13. The minimum atomic E-state index is -1.08. The molecule has 14 nitrogen and oxygen atoms in total. The summed E-state index contributed by atoms with van der Waals surface area (Å²) in [5.74, 6) is -2.25. The van der Waals surface area contributed by atoms with Gasteiger partial charge < -0.3 is 40.2 Å². The van der Waals surface area contributed by atoms with Gasteiger partial charge in [-0.1, -0.05) is 97.1 Å². The first-order chi connectivity index (χ1) is 27.5. The van der Waals surface area contributed by atoms with Crippen LogP contribution in [0.4, 0.5) is 0 Å². The number of carbonyl (C=O) groups is 2. The number of nitrogens with zero attached hydrogens (tertiary/aromatic N) is 4. The molecule has 19 heteroatoms. The number of carboxylic acids is 2. The molecule has 0 saturated heterocycles. The first kappa shape index (κ1) is 65.6. The summed E-state index contributed by atoms with van der Waals surface area (Å²) in [6.45, 7) is 4.35. The number of hydrogen-bond acceptors (Lipinski definition) is 14. The second-order valence-electron chi connectivity index (χ2n) is 11.5. The van der Waals surface area contributed by atoms with Crippen molar-refractivity contribution in [3.05, 3.63) is 119 Å². The maximum atomic E-state index is 11.4. The van der Waals surface area contributed by atoms with Gasteiger partial charge in [0, 0.05) is 110 Å². The summed E-state index contributed by atoms with van der Waals surface area (Å²) in [5, 5.41) is 63.5. The normalized spacial score (nSPS) is 9.84. The minimum Gasteiger partial charge on any atom is -0.872 e. The van der Waals surface area contributed by atoms with Crippen molar-refractivity contribution in [2.24, 2.45) is 20.0 Å². The third-order valence-corrected chi connectivity index (χ3v) is 5.75. The van der Waals surface area contributed by atoms with Crippen molar-refractivity contribution in [1.29, 1.82) is 0 Å². The summed E-state index contributed by atoms with van der Waals surface area (Å²) in [6.07, 6.45) is 14.5. The van der Waals surface area contributed by atoms with Crippen LogP contribution in [0.3, 0.4) is 0 Å². The molecule has 0 aromatic heterocycles. The fraction of sp³-hybridized carbons (Fsp3) is 0.286. The third-order valence-electron chi connectivity index (χ3n) is 5.75. The Kier molecular flexibility index (Phi) is 46.9. The standard InChI is InChI=1S/2C17H18N2O2.2C2H4O2.2C2H6OS.3Ni/c2*20-16-8-3-1-6-14(16)12-18-10-5-11-19-13-15-7-2-4-9-17(15)21;2*1-2(3)4;2*1-4(2)3;;;/h2*1-4,6-9,12-13,20-21H,5,10-11H2;2*1H3,(H,3,4);2*1-2H3;;;/q;;;;;;3*+2/p-6. The fourth-order valence-electron chi connectivity index (χ4n) is 3.51. The van der Waals surface area contributed by atoms with E-state index in [1.54, 1.807) is 98.4 Å². The quantitative estimate of drug-likeness (QED) is 0.111. The van der Waals surface area contributed by atoms with E-state index < -0.39 is 33.5 Å². The van der Waals surface area contributed by atoms with Crippen molar-refractivity contribution in [3.63, 3.8) is 0 Å². The van der Waals surface area contributed by atoms with Gasteiger partial charge in [0.05, 0.1) is 0 Å². The van der Waals surface area contributed by atoms with Crippen LogP contribution in [-0.2, 0) is 80.7 Å². The van der Waals surface area contributed by atoms with Gasteiger partial charge in [0.2, 0.25) is 0 Å². The Bertz CT molecular complexity index is 1650. The number of rotatable bonds is 12. The number of hydrogen-bond donors (Lipinski definition) is 0. The van der Waals surface area contributed by atoms with Gasteiger partial charge in [-0.25, -0.2) is 0 Å². The molecule has 0 unspecified atom stereocenters. The van der Waals surface area contributed by atoms with Gasteiger partial charge >= 0.3 is 49.5 Å². The Morgan fingerprint density at radius 1 is 0.443 bits per heavy atom. The largest absolute Gasteiger partial charge is 2.00 e. The smallest absolute Gasteiger partial charge is 0.872 e. The predicted octanol–water partition coefficient (Wildman–Crippen LogP) is 1.02. The van der Waals surface area contributed by atoms with Crippen LogP contribution in [0.2, 0.25) is 0 Å². The van der Waals surface area contributed by atoms with Crippen LogP contribution in [0.1, 0.15) is 48.9 Å². The summed E-state index contributed by atoms with van der Waals surface area (Å²) in [7, 11) is -1.22. The van der Waals surface area contributed by atoms with E-state index in [9.17, 15) is 28.8 Å². The number of carboxylic acid groups (broad SMARTS) is 2. The first-order valence-electron chi connectivity index (χ1n) is 17.4. The Morgan fingerprint density at radius 3 is 0.738 bits per heavy atom. The molecule has 0 atom stereocenters. The summed E-state index contributed by atoms with van der Waals surface area (Å²) in [6, 6.07) is 27.2. The van der Waals surface area contributed by atoms with Gasteiger partial charge in [0.15, 0.2) is 0 Å². The van der Waals surface area contributed by atoms with Crippen molar-refractivity contribution < 1.29 is 98.1 Å². The van der Waals surface area contributed by atoms with Gasteiger partial charge in [0.1, 0.15) is 0 Å². The zero-order chi connectivity index (χ0) is 44.1. The summed E-state index contributed by atoms with van der Waals surface area (Å²) < 4.78 is 19.1. The van der Waals surface area contributed by atoms with Crippen LogP contribution >= 0.6 is 0 Å². The monoisotopic (exact) mass is 1010 g/mol. The molecule has 0 N–H and O–H groups in total. The molecule has 0 aliphatic heterocycles. The summed E-state index contributed by atoms with van der Waals surface area (Å²) in [4.78, 5) is 34.6. The van der Waals surface area contributed by atoms with Crippen LogP contribution in [0, 0.1) is 0 Å². The van der Waals surface area contributed by atoms with Crippen molar-refractivity contribution in [2.45, 2.75) is 26.7 Å². The van der Waals surface area contributed by atoms with E-state index >= 15 is 0 Å². The van der Waals surface area contributed by atoms with Crippen molar-refractivity contribution in [3.8, 4) is 23.0 Å². The molecule has 0 heterocycles. The maximum absolute atomic E-state index is 11.4. The molecule has 4 aromatic rings. The Balaban J connectivity index is -0.000000245. The Morgan fingerprint density at radius 2 is 0.590 bits per heavy atom. The fourth-order valence-corrected chi connectivity index (χ4v) is 3.51. The van der Waals surface area contributed by atoms with Crippen LogP contribution in [0.5, 0.6) is 23.0 Å². The molecule has 0 amide bonds. The molecular formula is C42H50N4Ni3O10S2. The van der Waals surface area contributed by atoms with Crippen molar-refractivity contribution in [1.82, 2.24) is 0 Å². The Hall–Kier alpha value is -4.52. The number of aliphatic imine (C=N–C) groups is 4. The van der Waals surface area contributed by atoms with Crippen LogP contribution in [0.25, 0.3) is 0 Å². The van der Waals surface area contributed by atoms with E-state index in [-0.39, 0.29) is 72.5 Å². The van der Waals surface area contributed by atoms with E-state index in [2.05, 4.69) is 20.0 Å². The zero-order valence-corrected chi connectivity index (χ0v) is 39.0. The number of benzene rings is 4. The number of aliphatic carboxylic acids is 2. The van der Waals surface area contributed by atoms with E-state index in [0.717, 1.165) is 26.7 Å². The third kappa shape index (κ3) is 44.9. The van der Waals surface area contributed by atoms with E-state index in [1.807, 2.05) is 24.3 Å². The maximum Gasteiger partial charge on any atom is 2.00 e. The van der Waals surface area contributed by atoms with Gasteiger partial charge in [-0.05, 0) is 48.9 Å². The molecule has 0 fully saturated rings. The molecule has 4 aromatic carbocycles. The molecule has 0 bridgehead atoms. The number of carbonyl (C=O) groups excluding carboxylic acids is 2. The SMILES string of the molecule is CC(=O)[O-].CC(=O)[O-].CS(C)=O.CS(C)=O.[Ni+2].[Ni+2].[Ni+2].[O-]c1ccccc1C=NCCCN=Cc1ccccc1[O-].[O-]c1ccccc1C=NCCCN=Cc1ccccc1[O-]. The van der Waals surface area contributed by atoms with E-state index in [4.69, 9.17) is 19.8 Å². The molecule has 61 heavy (non-hydrogen) atoms. The molecule has 4 rings (SSSR count). The predicted molar refractivity (Wildman–Crippen MR) is 224 cm³/mol. The molecule has 340 valence electrons.